The Bertz CT molecular complexity index is 720. The lowest BCUT2D eigenvalue weighted by Gasteiger charge is -2.09. The van der Waals surface area contributed by atoms with Crippen LogP contribution in [0, 0.1) is 20.8 Å². The van der Waals surface area contributed by atoms with Crippen LogP contribution in [0.3, 0.4) is 0 Å². The summed E-state index contributed by atoms with van der Waals surface area (Å²) in [4.78, 5) is 22.9. The first-order chi connectivity index (χ1) is 9.86. The van der Waals surface area contributed by atoms with E-state index in [1.165, 1.54) is 0 Å². The highest BCUT2D eigenvalue weighted by Gasteiger charge is 2.25. The predicted octanol–water partition coefficient (Wildman–Crippen LogP) is 2.51. The second-order valence-corrected chi connectivity index (χ2v) is 4.98. The molecule has 1 aromatic heterocycles. The van der Waals surface area contributed by atoms with Crippen LogP contribution >= 0.6 is 0 Å². The van der Waals surface area contributed by atoms with Crippen molar-refractivity contribution in [2.75, 3.05) is 6.67 Å². The molecule has 112 valence electrons. The molecule has 5 nitrogen and oxygen atoms in total. The van der Waals surface area contributed by atoms with Gasteiger partial charge in [-0.05, 0) is 31.9 Å². The molecule has 2 rings (SSSR count). The molecule has 2 N–H and O–H groups in total. The summed E-state index contributed by atoms with van der Waals surface area (Å²) in [6, 6.07) is 2.22. The number of nitrogens with one attached hydrogen (secondary N) is 1. The molecule has 1 atom stereocenters. The zero-order chi connectivity index (χ0) is 15.7. The van der Waals surface area contributed by atoms with Crippen molar-refractivity contribution in [2.45, 2.75) is 26.8 Å². The van der Waals surface area contributed by atoms with Crippen LogP contribution in [-0.2, 0) is 4.79 Å². The number of benzene rings is 1. The molecular weight excluding hydrogens is 277 g/mol. The second-order valence-electron chi connectivity index (χ2n) is 4.98. The van der Waals surface area contributed by atoms with Gasteiger partial charge in [0.25, 0.3) is 5.91 Å². The minimum atomic E-state index is -1.58. The lowest BCUT2D eigenvalue weighted by atomic mass is 10.0. The SMILES string of the molecule is Cc1ccc(C)c2c(C)c(C(=O)NC(CF)C(=O)O)oc12. The van der Waals surface area contributed by atoms with E-state index in [1.807, 2.05) is 26.0 Å². The molecule has 0 aliphatic carbocycles. The number of carboxylic acids is 1. The van der Waals surface area contributed by atoms with Gasteiger partial charge < -0.3 is 14.8 Å². The Morgan fingerprint density at radius 2 is 1.90 bits per heavy atom. The fraction of sp³-hybridized carbons (Fsp3) is 0.333. The Labute approximate surface area is 120 Å². The molecule has 1 amide bonds. The minimum Gasteiger partial charge on any atom is -0.480 e. The summed E-state index contributed by atoms with van der Waals surface area (Å²) in [6.45, 7) is 4.29. The normalized spacial score (nSPS) is 12.4. The fourth-order valence-corrected chi connectivity index (χ4v) is 2.28. The number of amides is 1. The quantitative estimate of drug-likeness (QED) is 0.907. The third-order valence-corrected chi connectivity index (χ3v) is 3.45. The van der Waals surface area contributed by atoms with E-state index in [0.717, 1.165) is 16.5 Å². The first-order valence-electron chi connectivity index (χ1n) is 6.45. The Morgan fingerprint density at radius 1 is 1.29 bits per heavy atom. The highest BCUT2D eigenvalue weighted by molar-refractivity contribution is 6.01. The van der Waals surface area contributed by atoms with E-state index in [1.54, 1.807) is 6.92 Å². The van der Waals surface area contributed by atoms with Gasteiger partial charge in [0.2, 0.25) is 0 Å². The van der Waals surface area contributed by atoms with Crippen LogP contribution in [0.25, 0.3) is 11.0 Å². The molecule has 1 aromatic carbocycles. The van der Waals surface area contributed by atoms with Gasteiger partial charge in [-0.1, -0.05) is 12.1 Å². The number of hydrogen-bond donors (Lipinski definition) is 2. The summed E-state index contributed by atoms with van der Waals surface area (Å²) in [5, 5.41) is 11.7. The molecule has 2 aromatic rings. The van der Waals surface area contributed by atoms with Crippen LogP contribution in [0.2, 0.25) is 0 Å². The second kappa shape index (κ2) is 5.55. The number of carbonyl (C=O) groups is 2. The van der Waals surface area contributed by atoms with Gasteiger partial charge in [-0.15, -0.1) is 0 Å². The van der Waals surface area contributed by atoms with Gasteiger partial charge in [-0.2, -0.15) is 0 Å². The monoisotopic (exact) mass is 293 g/mol. The van der Waals surface area contributed by atoms with Crippen LogP contribution < -0.4 is 5.32 Å². The Morgan fingerprint density at radius 3 is 2.43 bits per heavy atom. The number of aliphatic carboxylic acids is 1. The summed E-state index contributed by atoms with van der Waals surface area (Å²) in [5.74, 6) is -2.14. The zero-order valence-corrected chi connectivity index (χ0v) is 12.0. The van der Waals surface area contributed by atoms with Crippen molar-refractivity contribution in [3.8, 4) is 0 Å². The molecule has 0 saturated heterocycles. The predicted molar refractivity (Wildman–Crippen MR) is 75.3 cm³/mol. The third kappa shape index (κ3) is 2.61. The Balaban J connectivity index is 2.45. The molecule has 0 saturated carbocycles. The molecule has 0 radical (unpaired) electrons. The smallest absolute Gasteiger partial charge is 0.328 e. The number of alkyl halides is 1. The van der Waals surface area contributed by atoms with Gasteiger partial charge in [0.15, 0.2) is 11.8 Å². The Hall–Kier alpha value is -2.37. The van der Waals surface area contributed by atoms with Crippen LogP contribution in [-0.4, -0.2) is 29.7 Å². The number of aryl methyl sites for hydroxylation is 3. The maximum absolute atomic E-state index is 12.6. The van der Waals surface area contributed by atoms with Crippen molar-refractivity contribution >= 4 is 22.8 Å². The molecule has 0 bridgehead atoms. The van der Waals surface area contributed by atoms with Crippen molar-refractivity contribution in [2.24, 2.45) is 0 Å². The molecule has 1 unspecified atom stereocenters. The number of carboxylic acid groups (broad SMARTS) is 1. The highest BCUT2D eigenvalue weighted by Crippen LogP contribution is 2.30. The molecule has 0 aliphatic rings. The number of fused-ring (bicyclic) bond motifs is 1. The molecular formula is C15H16FNO4. The molecule has 6 heteroatoms. The van der Waals surface area contributed by atoms with E-state index < -0.39 is 24.6 Å². The number of rotatable bonds is 4. The largest absolute Gasteiger partial charge is 0.480 e. The summed E-state index contributed by atoms with van der Waals surface area (Å²) < 4.78 is 18.2. The van der Waals surface area contributed by atoms with E-state index in [0.29, 0.717) is 11.1 Å². The fourth-order valence-electron chi connectivity index (χ4n) is 2.28. The van der Waals surface area contributed by atoms with E-state index in [2.05, 4.69) is 5.32 Å². The van der Waals surface area contributed by atoms with Gasteiger partial charge in [0.1, 0.15) is 12.3 Å². The van der Waals surface area contributed by atoms with Crippen molar-refractivity contribution in [1.82, 2.24) is 5.32 Å². The Kier molecular flexibility index (Phi) is 3.97. The first kappa shape index (κ1) is 15.0. The van der Waals surface area contributed by atoms with E-state index in [9.17, 15) is 14.0 Å². The first-order valence-corrected chi connectivity index (χ1v) is 6.45. The van der Waals surface area contributed by atoms with Gasteiger partial charge >= 0.3 is 5.97 Å². The van der Waals surface area contributed by atoms with Crippen molar-refractivity contribution < 1.29 is 23.5 Å². The van der Waals surface area contributed by atoms with Gasteiger partial charge in [-0.3, -0.25) is 4.79 Å². The minimum absolute atomic E-state index is 0.0158. The van der Waals surface area contributed by atoms with E-state index >= 15 is 0 Å². The van der Waals surface area contributed by atoms with Crippen molar-refractivity contribution in [1.29, 1.82) is 0 Å². The van der Waals surface area contributed by atoms with Gasteiger partial charge in [-0.25, -0.2) is 9.18 Å². The number of furan rings is 1. The van der Waals surface area contributed by atoms with E-state index in [4.69, 9.17) is 9.52 Å². The summed E-state index contributed by atoms with van der Waals surface area (Å²) >= 11 is 0. The lowest BCUT2D eigenvalue weighted by Crippen LogP contribution is -2.42. The zero-order valence-electron chi connectivity index (χ0n) is 12.0. The molecule has 1 heterocycles. The topological polar surface area (TPSA) is 79.5 Å². The highest BCUT2D eigenvalue weighted by atomic mass is 19.1. The average molecular weight is 293 g/mol. The molecule has 0 spiro atoms. The molecule has 0 fully saturated rings. The van der Waals surface area contributed by atoms with Gasteiger partial charge in [0, 0.05) is 10.9 Å². The maximum Gasteiger partial charge on any atom is 0.328 e. The standard InChI is InChI=1S/C15H16FNO4/c1-7-4-5-8(2)12-11(7)9(3)13(21-12)14(18)17-10(6-16)15(19)20/h4-5,10H,6H2,1-3H3,(H,17,18)(H,19,20). The number of hydrogen-bond acceptors (Lipinski definition) is 3. The van der Waals surface area contributed by atoms with Crippen molar-refractivity contribution in [3.05, 3.63) is 34.6 Å². The van der Waals surface area contributed by atoms with Crippen LogP contribution in [0.4, 0.5) is 4.39 Å². The molecule has 21 heavy (non-hydrogen) atoms. The molecule has 0 aliphatic heterocycles. The van der Waals surface area contributed by atoms with Crippen LogP contribution in [0.15, 0.2) is 16.5 Å². The van der Waals surface area contributed by atoms with Gasteiger partial charge in [0.05, 0.1) is 0 Å². The maximum atomic E-state index is 12.6. The average Bonchev–Trinajstić information content (AvgIpc) is 2.79. The summed E-state index contributed by atoms with van der Waals surface area (Å²) in [5.41, 5.74) is 3.03. The summed E-state index contributed by atoms with van der Waals surface area (Å²) in [7, 11) is 0. The lowest BCUT2D eigenvalue weighted by molar-refractivity contribution is -0.139. The summed E-state index contributed by atoms with van der Waals surface area (Å²) in [6.07, 6.45) is 0. The van der Waals surface area contributed by atoms with Crippen LogP contribution in [0.5, 0.6) is 0 Å². The number of halogens is 1. The van der Waals surface area contributed by atoms with Crippen molar-refractivity contribution in [3.63, 3.8) is 0 Å². The van der Waals surface area contributed by atoms with E-state index in [-0.39, 0.29) is 5.76 Å². The third-order valence-electron chi connectivity index (χ3n) is 3.45. The number of carbonyl (C=O) groups excluding carboxylic acids is 1. The van der Waals surface area contributed by atoms with Crippen LogP contribution in [0.1, 0.15) is 27.2 Å².